The lowest BCUT2D eigenvalue weighted by molar-refractivity contribution is -0.115. The van der Waals surface area contributed by atoms with Gasteiger partial charge in [-0.3, -0.25) is 4.79 Å². The number of aromatic nitrogens is 3. The van der Waals surface area contributed by atoms with Crippen molar-refractivity contribution in [2.75, 3.05) is 12.4 Å². The highest BCUT2D eigenvalue weighted by Crippen LogP contribution is 2.39. The number of ether oxygens (including phenoxy) is 1. The molecular formula is C16H19ClN4O2S. The molecule has 0 saturated heterocycles. The van der Waals surface area contributed by atoms with E-state index in [1.165, 1.54) is 24.6 Å². The average Bonchev–Trinajstić information content (AvgIpc) is 3.33. The molecule has 24 heavy (non-hydrogen) atoms. The Morgan fingerprint density at radius 1 is 1.46 bits per heavy atom. The van der Waals surface area contributed by atoms with Crippen LogP contribution in [0.15, 0.2) is 23.4 Å². The Kier molecular flexibility index (Phi) is 5.01. The normalized spacial score (nSPS) is 15.2. The van der Waals surface area contributed by atoms with Crippen molar-refractivity contribution in [3.05, 3.63) is 29.0 Å². The van der Waals surface area contributed by atoms with E-state index < -0.39 is 0 Å². The second-order valence-electron chi connectivity index (χ2n) is 5.77. The Balaban J connectivity index is 1.63. The van der Waals surface area contributed by atoms with Gasteiger partial charge in [0, 0.05) is 18.7 Å². The summed E-state index contributed by atoms with van der Waals surface area (Å²) in [6.45, 7) is 1.84. The van der Waals surface area contributed by atoms with Gasteiger partial charge in [0.25, 0.3) is 0 Å². The van der Waals surface area contributed by atoms with Crippen molar-refractivity contribution in [2.45, 2.75) is 36.1 Å². The molecule has 1 aromatic carbocycles. The quantitative estimate of drug-likeness (QED) is 0.793. The SMILES string of the molecule is COc1ccc(NC(=O)[C@@H](C)Sc2nnc(C3CC3)n2C)cc1Cl. The van der Waals surface area contributed by atoms with Crippen LogP contribution in [0.2, 0.25) is 5.02 Å². The molecule has 0 bridgehead atoms. The van der Waals surface area contributed by atoms with Crippen LogP contribution in [0.1, 0.15) is 31.5 Å². The fourth-order valence-corrected chi connectivity index (χ4v) is 3.40. The number of methoxy groups -OCH3 is 1. The topological polar surface area (TPSA) is 69.0 Å². The maximum atomic E-state index is 12.4. The van der Waals surface area contributed by atoms with Gasteiger partial charge < -0.3 is 14.6 Å². The molecule has 0 unspecified atom stereocenters. The van der Waals surface area contributed by atoms with Gasteiger partial charge in [0.1, 0.15) is 11.6 Å². The zero-order valence-electron chi connectivity index (χ0n) is 13.7. The Morgan fingerprint density at radius 2 is 2.21 bits per heavy atom. The number of rotatable bonds is 6. The van der Waals surface area contributed by atoms with E-state index >= 15 is 0 Å². The minimum Gasteiger partial charge on any atom is -0.495 e. The maximum Gasteiger partial charge on any atom is 0.237 e. The standard InChI is InChI=1S/C16H19ClN4O2S/c1-9(24-16-20-19-14(21(16)2)10-4-5-10)15(22)18-11-6-7-13(23-3)12(17)8-11/h6-10H,4-5H2,1-3H3,(H,18,22)/t9-/m1/s1. The number of thioether (sulfide) groups is 1. The number of nitrogens with one attached hydrogen (secondary N) is 1. The molecule has 1 fully saturated rings. The maximum absolute atomic E-state index is 12.4. The molecule has 1 heterocycles. The molecule has 1 aliphatic carbocycles. The number of anilines is 1. The lowest BCUT2D eigenvalue weighted by Gasteiger charge is -2.12. The zero-order valence-corrected chi connectivity index (χ0v) is 15.3. The molecule has 1 atom stereocenters. The molecule has 3 rings (SSSR count). The Bertz CT molecular complexity index is 761. The van der Waals surface area contributed by atoms with Gasteiger partial charge in [-0.2, -0.15) is 0 Å². The lowest BCUT2D eigenvalue weighted by atomic mass is 10.3. The molecule has 1 saturated carbocycles. The predicted molar refractivity (Wildman–Crippen MR) is 94.9 cm³/mol. The molecule has 0 spiro atoms. The minimum absolute atomic E-state index is 0.114. The molecular weight excluding hydrogens is 348 g/mol. The van der Waals surface area contributed by atoms with Crippen LogP contribution in [-0.2, 0) is 11.8 Å². The summed E-state index contributed by atoms with van der Waals surface area (Å²) in [6, 6.07) is 5.15. The fourth-order valence-electron chi connectivity index (χ4n) is 2.33. The van der Waals surface area contributed by atoms with Gasteiger partial charge in [0.2, 0.25) is 5.91 Å². The summed E-state index contributed by atoms with van der Waals surface area (Å²) in [6.07, 6.45) is 2.34. The number of hydrogen-bond donors (Lipinski definition) is 1. The molecule has 1 N–H and O–H groups in total. The monoisotopic (exact) mass is 366 g/mol. The van der Waals surface area contributed by atoms with Gasteiger partial charge in [-0.25, -0.2) is 0 Å². The van der Waals surface area contributed by atoms with Crippen LogP contribution in [0.3, 0.4) is 0 Å². The molecule has 128 valence electrons. The first-order valence-electron chi connectivity index (χ1n) is 7.70. The van der Waals surface area contributed by atoms with E-state index in [-0.39, 0.29) is 11.2 Å². The highest BCUT2D eigenvalue weighted by Gasteiger charge is 2.30. The van der Waals surface area contributed by atoms with Crippen LogP contribution in [-0.4, -0.2) is 33.0 Å². The molecule has 6 nitrogen and oxygen atoms in total. The first kappa shape index (κ1) is 17.1. The molecule has 1 amide bonds. The van der Waals surface area contributed by atoms with E-state index in [4.69, 9.17) is 16.3 Å². The summed E-state index contributed by atoms with van der Waals surface area (Å²) in [5.41, 5.74) is 0.634. The molecule has 0 radical (unpaired) electrons. The van der Waals surface area contributed by atoms with Gasteiger partial charge in [-0.05, 0) is 38.0 Å². The molecule has 8 heteroatoms. The Labute approximate surface area is 149 Å². The second kappa shape index (κ2) is 7.03. The van der Waals surface area contributed by atoms with Crippen LogP contribution in [0.5, 0.6) is 5.75 Å². The fraction of sp³-hybridized carbons (Fsp3) is 0.438. The highest BCUT2D eigenvalue weighted by atomic mass is 35.5. The summed E-state index contributed by atoms with van der Waals surface area (Å²) in [5, 5.41) is 12.2. The van der Waals surface area contributed by atoms with Crippen LogP contribution in [0, 0.1) is 0 Å². The van der Waals surface area contributed by atoms with E-state index in [2.05, 4.69) is 15.5 Å². The number of amides is 1. The van der Waals surface area contributed by atoms with E-state index in [1.54, 1.807) is 25.3 Å². The van der Waals surface area contributed by atoms with Crippen LogP contribution in [0.25, 0.3) is 0 Å². The Hall–Kier alpha value is -1.73. The van der Waals surface area contributed by atoms with Crippen molar-refractivity contribution in [1.29, 1.82) is 0 Å². The molecule has 1 aliphatic rings. The van der Waals surface area contributed by atoms with Crippen molar-refractivity contribution < 1.29 is 9.53 Å². The molecule has 1 aromatic heterocycles. The summed E-state index contributed by atoms with van der Waals surface area (Å²) in [5.74, 6) is 2.00. The number of carbonyl (C=O) groups is 1. The van der Waals surface area contributed by atoms with Gasteiger partial charge in [-0.15, -0.1) is 10.2 Å². The number of benzene rings is 1. The van der Waals surface area contributed by atoms with Crippen molar-refractivity contribution in [2.24, 2.45) is 7.05 Å². The first-order valence-corrected chi connectivity index (χ1v) is 8.95. The van der Waals surface area contributed by atoms with E-state index in [0.29, 0.717) is 22.4 Å². The lowest BCUT2D eigenvalue weighted by Crippen LogP contribution is -2.22. The minimum atomic E-state index is -0.305. The van der Waals surface area contributed by atoms with Crippen molar-refractivity contribution in [3.8, 4) is 5.75 Å². The third-order valence-electron chi connectivity index (χ3n) is 3.88. The van der Waals surface area contributed by atoms with Crippen molar-refractivity contribution in [1.82, 2.24) is 14.8 Å². The molecule has 0 aliphatic heterocycles. The van der Waals surface area contributed by atoms with Crippen molar-refractivity contribution >= 4 is 35.0 Å². The number of hydrogen-bond acceptors (Lipinski definition) is 5. The predicted octanol–water partition coefficient (Wildman–Crippen LogP) is 3.47. The van der Waals surface area contributed by atoms with E-state index in [0.717, 1.165) is 11.0 Å². The second-order valence-corrected chi connectivity index (χ2v) is 7.49. The average molecular weight is 367 g/mol. The van der Waals surface area contributed by atoms with Crippen LogP contribution < -0.4 is 10.1 Å². The number of halogens is 1. The molecule has 2 aromatic rings. The third-order valence-corrected chi connectivity index (χ3v) is 5.31. The first-order chi connectivity index (χ1) is 11.5. The van der Waals surface area contributed by atoms with Gasteiger partial charge in [-0.1, -0.05) is 23.4 Å². The van der Waals surface area contributed by atoms with Crippen LogP contribution >= 0.6 is 23.4 Å². The van der Waals surface area contributed by atoms with E-state index in [9.17, 15) is 4.79 Å². The highest BCUT2D eigenvalue weighted by molar-refractivity contribution is 8.00. The summed E-state index contributed by atoms with van der Waals surface area (Å²) in [7, 11) is 3.50. The van der Waals surface area contributed by atoms with Gasteiger partial charge >= 0.3 is 0 Å². The smallest absolute Gasteiger partial charge is 0.237 e. The van der Waals surface area contributed by atoms with Gasteiger partial charge in [0.15, 0.2) is 5.16 Å². The van der Waals surface area contributed by atoms with E-state index in [1.807, 2.05) is 18.5 Å². The number of carbonyl (C=O) groups excluding carboxylic acids is 1. The summed E-state index contributed by atoms with van der Waals surface area (Å²) < 4.78 is 7.09. The summed E-state index contributed by atoms with van der Waals surface area (Å²) in [4.78, 5) is 12.4. The van der Waals surface area contributed by atoms with Crippen molar-refractivity contribution in [3.63, 3.8) is 0 Å². The Morgan fingerprint density at radius 3 is 2.83 bits per heavy atom. The third kappa shape index (κ3) is 3.67. The zero-order chi connectivity index (χ0) is 17.3. The number of nitrogens with zero attached hydrogens (tertiary/aromatic N) is 3. The summed E-state index contributed by atoms with van der Waals surface area (Å²) >= 11 is 7.47. The largest absolute Gasteiger partial charge is 0.495 e. The van der Waals surface area contributed by atoms with Crippen LogP contribution in [0.4, 0.5) is 5.69 Å². The van der Waals surface area contributed by atoms with Gasteiger partial charge in [0.05, 0.1) is 17.4 Å².